The van der Waals surface area contributed by atoms with Gasteiger partial charge in [-0.1, -0.05) is 6.07 Å². The summed E-state index contributed by atoms with van der Waals surface area (Å²) in [5, 5.41) is 9.83. The van der Waals surface area contributed by atoms with Crippen LogP contribution in [0.15, 0.2) is 36.5 Å². The number of fused-ring (bicyclic) bond motifs is 1. The molecule has 4 N–H and O–H groups in total. The van der Waals surface area contributed by atoms with Gasteiger partial charge in [-0.3, -0.25) is 15.0 Å². The number of anilines is 1. The first kappa shape index (κ1) is 17.3. The number of nitrogens with one attached hydrogen (secondary N) is 1. The first-order valence-electron chi connectivity index (χ1n) is 8.74. The van der Waals surface area contributed by atoms with Crippen molar-refractivity contribution in [1.29, 1.82) is 0 Å². The Balaban J connectivity index is 1.81. The molecule has 0 aliphatic carbocycles. The molecular formula is C19H21N5O3. The van der Waals surface area contributed by atoms with Crippen molar-refractivity contribution in [1.82, 2.24) is 14.3 Å². The van der Waals surface area contributed by atoms with E-state index in [9.17, 15) is 9.90 Å². The number of hydrazine groups is 1. The maximum atomic E-state index is 13.0. The Labute approximate surface area is 156 Å². The lowest BCUT2D eigenvalue weighted by Gasteiger charge is -2.26. The summed E-state index contributed by atoms with van der Waals surface area (Å²) in [6.45, 7) is 4.20. The summed E-state index contributed by atoms with van der Waals surface area (Å²) in [4.78, 5) is 19.1. The van der Waals surface area contributed by atoms with Gasteiger partial charge in [-0.25, -0.2) is 4.98 Å². The number of pyridine rings is 1. The van der Waals surface area contributed by atoms with E-state index in [0.29, 0.717) is 43.3 Å². The summed E-state index contributed by atoms with van der Waals surface area (Å²) in [5.41, 5.74) is 6.84. The Morgan fingerprint density at radius 1 is 1.26 bits per heavy atom. The Morgan fingerprint density at radius 3 is 2.78 bits per heavy atom. The lowest BCUT2D eigenvalue weighted by atomic mass is 10.0. The van der Waals surface area contributed by atoms with Crippen LogP contribution in [0.5, 0.6) is 5.75 Å². The van der Waals surface area contributed by atoms with E-state index in [1.807, 2.05) is 29.5 Å². The molecule has 1 saturated heterocycles. The predicted octanol–water partition coefficient (Wildman–Crippen LogP) is 1.77. The molecule has 8 heteroatoms. The smallest absolute Gasteiger partial charge is 0.272 e. The third-order valence-electron chi connectivity index (χ3n) is 4.89. The van der Waals surface area contributed by atoms with Gasteiger partial charge in [-0.15, -0.1) is 0 Å². The van der Waals surface area contributed by atoms with Gasteiger partial charge in [0.15, 0.2) is 0 Å². The van der Waals surface area contributed by atoms with Crippen molar-refractivity contribution < 1.29 is 14.6 Å². The molecule has 4 rings (SSSR count). The molecule has 0 unspecified atom stereocenters. The molecule has 1 aliphatic rings. The van der Waals surface area contributed by atoms with Gasteiger partial charge in [0.05, 0.1) is 25.1 Å². The van der Waals surface area contributed by atoms with Gasteiger partial charge in [0.1, 0.15) is 17.1 Å². The van der Waals surface area contributed by atoms with Gasteiger partial charge in [-0.05, 0) is 36.8 Å². The molecule has 1 fully saturated rings. The van der Waals surface area contributed by atoms with Gasteiger partial charge >= 0.3 is 0 Å². The molecule has 0 spiro atoms. The number of nitrogens with two attached hydrogens (primary N) is 1. The summed E-state index contributed by atoms with van der Waals surface area (Å²) in [6.07, 6.45) is 1.62. The van der Waals surface area contributed by atoms with Crippen molar-refractivity contribution >= 4 is 17.2 Å². The van der Waals surface area contributed by atoms with Crippen LogP contribution in [0.4, 0.5) is 5.69 Å². The zero-order chi connectivity index (χ0) is 19.0. The van der Waals surface area contributed by atoms with Crippen LogP contribution in [0.2, 0.25) is 0 Å². The van der Waals surface area contributed by atoms with E-state index in [4.69, 9.17) is 10.6 Å². The van der Waals surface area contributed by atoms with Crippen molar-refractivity contribution in [2.24, 2.45) is 5.84 Å². The highest BCUT2D eigenvalue weighted by molar-refractivity contribution is 5.94. The van der Waals surface area contributed by atoms with Crippen molar-refractivity contribution in [3.05, 3.63) is 47.9 Å². The van der Waals surface area contributed by atoms with Gasteiger partial charge in [0.2, 0.25) is 0 Å². The van der Waals surface area contributed by atoms with E-state index in [2.05, 4.69) is 10.4 Å². The molecule has 3 aromatic rings. The number of phenols is 1. The molecule has 0 saturated carbocycles. The predicted molar refractivity (Wildman–Crippen MR) is 102 cm³/mol. The summed E-state index contributed by atoms with van der Waals surface area (Å²) in [5.74, 6) is 5.49. The molecule has 0 bridgehead atoms. The van der Waals surface area contributed by atoms with Crippen LogP contribution < -0.4 is 11.3 Å². The van der Waals surface area contributed by atoms with Gasteiger partial charge in [0.25, 0.3) is 5.91 Å². The first-order chi connectivity index (χ1) is 13.1. The number of rotatable bonds is 3. The van der Waals surface area contributed by atoms with E-state index in [1.165, 1.54) is 0 Å². The Hall–Kier alpha value is -3.10. The van der Waals surface area contributed by atoms with Crippen molar-refractivity contribution in [2.45, 2.75) is 6.92 Å². The highest BCUT2D eigenvalue weighted by Gasteiger charge is 2.23. The molecular weight excluding hydrogens is 346 g/mol. The maximum Gasteiger partial charge on any atom is 0.272 e. The summed E-state index contributed by atoms with van der Waals surface area (Å²) >= 11 is 0. The van der Waals surface area contributed by atoms with E-state index in [1.54, 1.807) is 23.2 Å². The number of amides is 1. The zero-order valence-corrected chi connectivity index (χ0v) is 15.0. The molecule has 140 valence electrons. The monoisotopic (exact) mass is 367 g/mol. The number of hydrogen-bond acceptors (Lipinski definition) is 6. The number of morpholine rings is 1. The van der Waals surface area contributed by atoms with Crippen molar-refractivity contribution in [3.63, 3.8) is 0 Å². The highest BCUT2D eigenvalue weighted by atomic mass is 16.5. The topological polar surface area (TPSA) is 105 Å². The van der Waals surface area contributed by atoms with Crippen molar-refractivity contribution in [3.8, 4) is 16.9 Å². The number of ether oxygens (including phenoxy) is 1. The first-order valence-corrected chi connectivity index (χ1v) is 8.74. The standard InChI is InChI=1S/C19H21N5O3/c1-12-14(13-2-4-17(25)15(10-13)22-20)3-5-18-21-11-16(24(12)18)19(26)23-6-8-27-9-7-23/h2-5,10-11,22,25H,6-9,20H2,1H3. The number of carbonyl (C=O) groups excluding carboxylic acids is 1. The quantitative estimate of drug-likeness (QED) is 0.370. The van der Waals surface area contributed by atoms with E-state index in [-0.39, 0.29) is 11.7 Å². The second kappa shape index (κ2) is 6.90. The molecule has 8 nitrogen and oxygen atoms in total. The number of hydrogen-bond donors (Lipinski definition) is 3. The molecule has 0 radical (unpaired) electrons. The number of aromatic hydroxyl groups is 1. The fourth-order valence-corrected chi connectivity index (χ4v) is 3.44. The number of aromatic nitrogens is 2. The minimum Gasteiger partial charge on any atom is -0.506 e. The molecule has 1 amide bonds. The van der Waals surface area contributed by atoms with Crippen LogP contribution in [0.1, 0.15) is 16.2 Å². The van der Waals surface area contributed by atoms with Gasteiger partial charge in [0, 0.05) is 24.3 Å². The number of benzene rings is 1. The molecule has 3 heterocycles. The SMILES string of the molecule is Cc1c(-c2ccc(O)c(NN)c2)ccc2ncc(C(=O)N3CCOCC3)n12. The number of aryl methyl sites for hydroxylation is 1. The largest absolute Gasteiger partial charge is 0.506 e. The van der Waals surface area contributed by atoms with Crippen LogP contribution in [0.25, 0.3) is 16.8 Å². The maximum absolute atomic E-state index is 13.0. The third-order valence-corrected chi connectivity index (χ3v) is 4.89. The van der Waals surface area contributed by atoms with Crippen LogP contribution in [-0.4, -0.2) is 51.6 Å². The molecule has 0 atom stereocenters. The lowest BCUT2D eigenvalue weighted by Crippen LogP contribution is -2.41. The van der Waals surface area contributed by atoms with Gasteiger partial charge < -0.3 is 20.2 Å². The Bertz CT molecular complexity index is 1010. The minimum atomic E-state index is -0.0546. The number of phenolic OH excluding ortho intramolecular Hbond substituents is 1. The second-order valence-electron chi connectivity index (χ2n) is 6.45. The fourth-order valence-electron chi connectivity index (χ4n) is 3.44. The highest BCUT2D eigenvalue weighted by Crippen LogP contribution is 2.31. The summed E-state index contributed by atoms with van der Waals surface area (Å²) < 4.78 is 7.20. The Morgan fingerprint density at radius 2 is 2.04 bits per heavy atom. The minimum absolute atomic E-state index is 0.0546. The van der Waals surface area contributed by atoms with E-state index >= 15 is 0 Å². The van der Waals surface area contributed by atoms with E-state index in [0.717, 1.165) is 16.8 Å². The zero-order valence-electron chi connectivity index (χ0n) is 15.0. The normalized spacial score (nSPS) is 14.5. The molecule has 2 aromatic heterocycles. The lowest BCUT2D eigenvalue weighted by molar-refractivity contribution is 0.0298. The average Bonchev–Trinajstić information content (AvgIpc) is 3.14. The van der Waals surface area contributed by atoms with Crippen LogP contribution in [0.3, 0.4) is 0 Å². The number of carbonyl (C=O) groups is 1. The molecule has 1 aromatic carbocycles. The number of imidazole rings is 1. The summed E-state index contributed by atoms with van der Waals surface area (Å²) in [6, 6.07) is 8.99. The number of nitrogen functional groups attached to an aromatic ring is 1. The van der Waals surface area contributed by atoms with E-state index < -0.39 is 0 Å². The van der Waals surface area contributed by atoms with Gasteiger partial charge in [-0.2, -0.15) is 0 Å². The second-order valence-corrected chi connectivity index (χ2v) is 6.45. The van der Waals surface area contributed by atoms with Crippen LogP contribution in [0, 0.1) is 6.92 Å². The van der Waals surface area contributed by atoms with Crippen LogP contribution in [-0.2, 0) is 4.74 Å². The molecule has 1 aliphatic heterocycles. The van der Waals surface area contributed by atoms with Crippen LogP contribution >= 0.6 is 0 Å². The fraction of sp³-hybridized carbons (Fsp3) is 0.263. The molecule has 27 heavy (non-hydrogen) atoms. The summed E-state index contributed by atoms with van der Waals surface area (Å²) in [7, 11) is 0. The third kappa shape index (κ3) is 2.98. The number of nitrogens with zero attached hydrogens (tertiary/aromatic N) is 3. The van der Waals surface area contributed by atoms with Crippen molar-refractivity contribution in [2.75, 3.05) is 31.7 Å². The average molecular weight is 367 g/mol. The Kier molecular flexibility index (Phi) is 4.43.